The maximum Gasteiger partial charge on any atom is 0.229 e. The lowest BCUT2D eigenvalue weighted by atomic mass is 9.85. The fraction of sp³-hybridized carbons (Fsp3) is 0.591. The number of benzene rings is 1. The van der Waals surface area contributed by atoms with Crippen LogP contribution < -0.4 is 0 Å². The summed E-state index contributed by atoms with van der Waals surface area (Å²) < 4.78 is 32.8. The van der Waals surface area contributed by atoms with Crippen molar-refractivity contribution in [2.75, 3.05) is 19.6 Å². The van der Waals surface area contributed by atoms with Gasteiger partial charge in [0, 0.05) is 44.9 Å². The molecule has 2 aliphatic rings. The third kappa shape index (κ3) is 5.33. The van der Waals surface area contributed by atoms with E-state index in [4.69, 9.17) is 4.52 Å². The van der Waals surface area contributed by atoms with E-state index in [0.717, 1.165) is 31.2 Å². The van der Waals surface area contributed by atoms with Crippen LogP contribution in [0.5, 0.6) is 0 Å². The molecule has 1 aliphatic carbocycles. The molecule has 4 rings (SSSR count). The van der Waals surface area contributed by atoms with E-state index in [2.05, 4.69) is 10.1 Å². The smallest absolute Gasteiger partial charge is 0.229 e. The van der Waals surface area contributed by atoms with Gasteiger partial charge in [0.05, 0.1) is 5.75 Å². The first kappa shape index (κ1) is 22.0. The van der Waals surface area contributed by atoms with Crippen molar-refractivity contribution in [3.05, 3.63) is 47.6 Å². The van der Waals surface area contributed by atoms with Crippen molar-refractivity contribution < 1.29 is 17.7 Å². The summed E-state index contributed by atoms with van der Waals surface area (Å²) in [6.45, 7) is 2.81. The molecule has 0 spiro atoms. The minimum absolute atomic E-state index is 0.0204. The maximum atomic E-state index is 13.0. The Labute approximate surface area is 183 Å². The van der Waals surface area contributed by atoms with Crippen molar-refractivity contribution in [3.8, 4) is 0 Å². The van der Waals surface area contributed by atoms with Crippen molar-refractivity contribution in [2.24, 2.45) is 0 Å². The minimum Gasteiger partial charge on any atom is -0.339 e. The lowest BCUT2D eigenvalue weighted by Gasteiger charge is -2.38. The molecule has 2 fully saturated rings. The number of nitrogens with zero attached hydrogens (tertiary/aromatic N) is 4. The van der Waals surface area contributed by atoms with Crippen LogP contribution in [0.3, 0.4) is 0 Å². The topological polar surface area (TPSA) is 96.6 Å². The zero-order chi connectivity index (χ0) is 21.8. The number of rotatable bonds is 8. The molecule has 0 bridgehead atoms. The van der Waals surface area contributed by atoms with Crippen LogP contribution >= 0.6 is 0 Å². The number of amides is 1. The van der Waals surface area contributed by atoms with E-state index < -0.39 is 10.0 Å². The van der Waals surface area contributed by atoms with Crippen LogP contribution in [0.4, 0.5) is 0 Å². The molecule has 1 aliphatic heterocycles. The highest BCUT2D eigenvalue weighted by atomic mass is 32.2. The predicted molar refractivity (Wildman–Crippen MR) is 116 cm³/mol. The van der Waals surface area contributed by atoms with E-state index in [9.17, 15) is 13.2 Å². The number of piperidine rings is 1. The molecule has 2 heterocycles. The van der Waals surface area contributed by atoms with Crippen LogP contribution in [-0.2, 0) is 27.0 Å². The summed E-state index contributed by atoms with van der Waals surface area (Å²) in [7, 11) is -3.44. The summed E-state index contributed by atoms with van der Waals surface area (Å²) in [5.74, 6) is 1.61. The molecule has 1 unspecified atom stereocenters. The molecule has 0 radical (unpaired) electrons. The highest BCUT2D eigenvalue weighted by Crippen LogP contribution is 2.35. The molecular formula is C22H30N4O4S. The van der Waals surface area contributed by atoms with Gasteiger partial charge < -0.3 is 9.42 Å². The van der Waals surface area contributed by atoms with Crippen molar-refractivity contribution >= 4 is 15.9 Å². The van der Waals surface area contributed by atoms with Gasteiger partial charge in [-0.2, -0.15) is 9.29 Å². The van der Waals surface area contributed by atoms with E-state index in [1.807, 2.05) is 30.3 Å². The third-order valence-corrected chi connectivity index (χ3v) is 8.12. The van der Waals surface area contributed by atoms with Crippen LogP contribution in [0.15, 0.2) is 34.9 Å². The number of aromatic nitrogens is 2. The first-order chi connectivity index (χ1) is 14.9. The fourth-order valence-electron chi connectivity index (χ4n) is 4.31. The zero-order valence-corrected chi connectivity index (χ0v) is 18.8. The van der Waals surface area contributed by atoms with Crippen LogP contribution in [0.25, 0.3) is 0 Å². The van der Waals surface area contributed by atoms with Crippen molar-refractivity contribution in [1.29, 1.82) is 0 Å². The Morgan fingerprint density at radius 1 is 1.19 bits per heavy atom. The van der Waals surface area contributed by atoms with E-state index in [-0.39, 0.29) is 17.7 Å². The first-order valence-electron chi connectivity index (χ1n) is 11.0. The Bertz CT molecular complexity index is 988. The molecule has 9 heteroatoms. The highest BCUT2D eigenvalue weighted by molar-refractivity contribution is 7.88. The number of carbonyl (C=O) groups excluding carboxylic acids is 1. The molecule has 0 N–H and O–H groups in total. The zero-order valence-electron chi connectivity index (χ0n) is 17.9. The molecule has 8 nitrogen and oxygen atoms in total. The van der Waals surface area contributed by atoms with Gasteiger partial charge in [-0.25, -0.2) is 8.42 Å². The molecule has 31 heavy (non-hydrogen) atoms. The Morgan fingerprint density at radius 3 is 2.65 bits per heavy atom. The second-order valence-corrected chi connectivity index (χ2v) is 10.5. The van der Waals surface area contributed by atoms with Gasteiger partial charge in [0.1, 0.15) is 0 Å². The van der Waals surface area contributed by atoms with Crippen molar-refractivity contribution in [1.82, 2.24) is 19.3 Å². The second kappa shape index (κ2) is 9.48. The lowest BCUT2D eigenvalue weighted by Crippen LogP contribution is -2.51. The SMILES string of the molecule is CC(=O)N(CCc1noc(C2CCC2)n1)C1CCCN(S(=O)(=O)Cc2ccccc2)C1. The highest BCUT2D eigenvalue weighted by Gasteiger charge is 2.33. The van der Waals surface area contributed by atoms with Gasteiger partial charge in [-0.1, -0.05) is 41.9 Å². The monoisotopic (exact) mass is 446 g/mol. The van der Waals surface area contributed by atoms with Gasteiger partial charge in [0.15, 0.2) is 5.82 Å². The van der Waals surface area contributed by atoms with Gasteiger partial charge in [0.2, 0.25) is 21.8 Å². The number of sulfonamides is 1. The molecule has 1 saturated heterocycles. The molecule has 1 saturated carbocycles. The van der Waals surface area contributed by atoms with Gasteiger partial charge in [-0.15, -0.1) is 0 Å². The molecule has 2 aromatic rings. The summed E-state index contributed by atoms with van der Waals surface area (Å²) in [4.78, 5) is 18.6. The first-order valence-corrected chi connectivity index (χ1v) is 12.6. The Morgan fingerprint density at radius 2 is 1.97 bits per heavy atom. The maximum absolute atomic E-state index is 13.0. The summed E-state index contributed by atoms with van der Waals surface area (Å²) in [6.07, 6.45) is 5.41. The largest absolute Gasteiger partial charge is 0.339 e. The Kier molecular flexibility index (Phi) is 6.71. The predicted octanol–water partition coefficient (Wildman–Crippen LogP) is 2.72. The molecule has 1 amide bonds. The summed E-state index contributed by atoms with van der Waals surface area (Å²) in [5, 5.41) is 4.07. The minimum atomic E-state index is -3.44. The van der Waals surface area contributed by atoms with Gasteiger partial charge in [0.25, 0.3) is 0 Å². The number of hydrogen-bond acceptors (Lipinski definition) is 6. The quantitative estimate of drug-likeness (QED) is 0.619. The average Bonchev–Trinajstić information content (AvgIpc) is 3.15. The van der Waals surface area contributed by atoms with E-state index in [0.29, 0.717) is 43.7 Å². The number of carbonyl (C=O) groups is 1. The summed E-state index contributed by atoms with van der Waals surface area (Å²) in [6, 6.07) is 9.06. The molecular weight excluding hydrogens is 416 g/mol. The molecule has 1 aromatic carbocycles. The lowest BCUT2D eigenvalue weighted by molar-refractivity contribution is -0.131. The van der Waals surface area contributed by atoms with Crippen molar-refractivity contribution in [2.45, 2.75) is 63.2 Å². The van der Waals surface area contributed by atoms with Crippen LogP contribution in [0, 0.1) is 0 Å². The standard InChI is InChI=1S/C22H30N4O4S/c1-17(27)26(14-12-21-23-22(30-24-21)19-9-5-10-19)20-11-6-13-25(15-20)31(28,29)16-18-7-3-2-4-8-18/h2-4,7-8,19-20H,5-6,9-16H2,1H3. The second-order valence-electron chi connectivity index (χ2n) is 8.53. The van der Waals surface area contributed by atoms with E-state index in [1.54, 1.807) is 4.90 Å². The Hall–Kier alpha value is -2.26. The number of hydrogen-bond donors (Lipinski definition) is 0. The Balaban J connectivity index is 1.38. The normalized spacial score (nSPS) is 20.4. The van der Waals surface area contributed by atoms with Gasteiger partial charge >= 0.3 is 0 Å². The van der Waals surface area contributed by atoms with E-state index >= 15 is 0 Å². The average molecular weight is 447 g/mol. The molecule has 168 valence electrons. The summed E-state index contributed by atoms with van der Waals surface area (Å²) in [5.41, 5.74) is 0.771. The van der Waals surface area contributed by atoms with Crippen molar-refractivity contribution in [3.63, 3.8) is 0 Å². The van der Waals surface area contributed by atoms with Gasteiger partial charge in [-0.3, -0.25) is 4.79 Å². The third-order valence-electron chi connectivity index (χ3n) is 6.30. The van der Waals surface area contributed by atoms with Crippen LogP contribution in [0.1, 0.15) is 62.2 Å². The van der Waals surface area contributed by atoms with Crippen LogP contribution in [-0.4, -0.2) is 59.3 Å². The molecule has 1 atom stereocenters. The van der Waals surface area contributed by atoms with Gasteiger partial charge in [-0.05, 0) is 31.2 Å². The molecule has 1 aromatic heterocycles. The fourth-order valence-corrected chi connectivity index (χ4v) is 5.91. The van der Waals surface area contributed by atoms with Crippen LogP contribution in [0.2, 0.25) is 0 Å². The van der Waals surface area contributed by atoms with E-state index in [1.165, 1.54) is 17.6 Å². The summed E-state index contributed by atoms with van der Waals surface area (Å²) >= 11 is 0.